The van der Waals surface area contributed by atoms with Gasteiger partial charge < -0.3 is 4.43 Å². The molecule has 0 aromatic heterocycles. The molecule has 1 aliphatic carbocycles. The summed E-state index contributed by atoms with van der Waals surface area (Å²) < 4.78 is 5.71. The quantitative estimate of drug-likeness (QED) is 0.374. The minimum Gasteiger partial charge on any atom is -0.532 e. The molecule has 68 valence electrons. The third kappa shape index (κ3) is 3.71. The maximum Gasteiger partial charge on any atom is 0.244 e. The van der Waals surface area contributed by atoms with Crippen molar-refractivity contribution < 1.29 is 4.43 Å². The molecule has 1 saturated carbocycles. The summed E-state index contributed by atoms with van der Waals surface area (Å²) >= 11 is 0. The van der Waals surface area contributed by atoms with Crippen molar-refractivity contribution in [1.82, 2.24) is 0 Å². The summed E-state index contributed by atoms with van der Waals surface area (Å²) in [5.74, 6) is 0.747. The van der Waals surface area contributed by atoms with E-state index in [1.165, 1.54) is 12.8 Å². The molecule has 0 aromatic rings. The molecule has 0 N–H and O–H groups in total. The Morgan fingerprint density at radius 2 is 2.08 bits per heavy atom. The van der Waals surface area contributed by atoms with E-state index >= 15 is 0 Å². The van der Waals surface area contributed by atoms with Gasteiger partial charge >= 0.3 is 0 Å². The van der Waals surface area contributed by atoms with E-state index in [2.05, 4.69) is 31.2 Å². The van der Waals surface area contributed by atoms with Gasteiger partial charge in [-0.15, -0.1) is 0 Å². The summed E-state index contributed by atoms with van der Waals surface area (Å²) in [4.78, 5) is 4.40. The van der Waals surface area contributed by atoms with E-state index in [-0.39, 0.29) is 0 Å². The van der Waals surface area contributed by atoms with Gasteiger partial charge in [0.05, 0.1) is 6.04 Å². The predicted molar refractivity (Wildman–Crippen MR) is 55.1 cm³/mol. The number of rotatable bonds is 3. The van der Waals surface area contributed by atoms with Crippen molar-refractivity contribution in [2.45, 2.75) is 38.5 Å². The predicted octanol–water partition coefficient (Wildman–Crippen LogP) is 2.58. The summed E-state index contributed by atoms with van der Waals surface area (Å²) in [5.41, 5.74) is 0. The molecule has 0 saturated heterocycles. The summed E-state index contributed by atoms with van der Waals surface area (Å²) in [6.07, 6.45) is 4.15. The second-order valence-electron chi connectivity index (χ2n) is 4.12. The number of nitrogens with zero attached hydrogens (tertiary/aromatic N) is 1. The van der Waals surface area contributed by atoms with Crippen LogP contribution in [-0.2, 0) is 4.43 Å². The molecule has 0 amide bonds. The number of hydrogen-bond acceptors (Lipinski definition) is 2. The average Bonchev–Trinajstić information content (AvgIpc) is 2.67. The Morgan fingerprint density at radius 3 is 2.42 bits per heavy atom. The lowest BCUT2D eigenvalue weighted by Gasteiger charge is -2.18. The van der Waals surface area contributed by atoms with Crippen LogP contribution in [0, 0.1) is 0 Å². The second-order valence-corrected chi connectivity index (χ2v) is 8.55. The van der Waals surface area contributed by atoms with Crippen LogP contribution in [0.5, 0.6) is 0 Å². The van der Waals surface area contributed by atoms with Gasteiger partial charge in [0, 0.05) is 0 Å². The van der Waals surface area contributed by atoms with Crippen LogP contribution in [0.3, 0.4) is 0 Å². The standard InChI is InChI=1S/C9H17NOSi/c1-5-9(10-8-6-7-8)11-12(2,3)4/h5,8H,1,6-7H2,2-4H3. The second kappa shape index (κ2) is 3.43. The fourth-order valence-electron chi connectivity index (χ4n) is 0.818. The monoisotopic (exact) mass is 183 g/mol. The number of aliphatic imine (C=N–C) groups is 1. The molecule has 0 unspecified atom stereocenters. The Hall–Kier alpha value is -0.573. The molecule has 1 aliphatic rings. The first kappa shape index (κ1) is 9.51. The Labute approximate surface area is 75.5 Å². The fraction of sp³-hybridized carbons (Fsp3) is 0.667. The lowest BCUT2D eigenvalue weighted by molar-refractivity contribution is 0.552. The van der Waals surface area contributed by atoms with Gasteiger partial charge in [0.15, 0.2) is 5.90 Å². The molecule has 0 bridgehead atoms. The minimum absolute atomic E-state index is 0.523. The largest absolute Gasteiger partial charge is 0.532 e. The normalized spacial score (nSPS) is 19.1. The van der Waals surface area contributed by atoms with Crippen molar-refractivity contribution in [1.29, 1.82) is 0 Å². The Bertz CT molecular complexity index is 201. The first-order valence-electron chi connectivity index (χ1n) is 4.40. The third-order valence-corrected chi connectivity index (χ3v) is 2.26. The Kier molecular flexibility index (Phi) is 2.72. The lowest BCUT2D eigenvalue weighted by atomic mass is 10.6. The smallest absolute Gasteiger partial charge is 0.244 e. The van der Waals surface area contributed by atoms with E-state index < -0.39 is 8.32 Å². The highest BCUT2D eigenvalue weighted by molar-refractivity contribution is 6.71. The molecular formula is C9H17NOSi. The lowest BCUT2D eigenvalue weighted by Crippen LogP contribution is -2.28. The molecule has 1 fully saturated rings. The summed E-state index contributed by atoms with van der Waals surface area (Å²) in [7, 11) is -1.48. The highest BCUT2D eigenvalue weighted by Gasteiger charge is 2.23. The van der Waals surface area contributed by atoms with Crippen LogP contribution in [0.15, 0.2) is 17.6 Å². The summed E-state index contributed by atoms with van der Waals surface area (Å²) in [6, 6.07) is 0.523. The van der Waals surface area contributed by atoms with E-state index in [1.807, 2.05) is 0 Å². The Morgan fingerprint density at radius 1 is 1.50 bits per heavy atom. The van der Waals surface area contributed by atoms with Crippen LogP contribution in [-0.4, -0.2) is 20.3 Å². The molecule has 0 spiro atoms. The summed E-state index contributed by atoms with van der Waals surface area (Å²) in [6.45, 7) is 10.1. The van der Waals surface area contributed by atoms with E-state index in [1.54, 1.807) is 6.08 Å². The van der Waals surface area contributed by atoms with Crippen molar-refractivity contribution >= 4 is 14.2 Å². The van der Waals surface area contributed by atoms with Crippen molar-refractivity contribution in [3.05, 3.63) is 12.7 Å². The van der Waals surface area contributed by atoms with Gasteiger partial charge in [-0.25, -0.2) is 4.99 Å². The minimum atomic E-state index is -1.48. The zero-order valence-corrected chi connectivity index (χ0v) is 9.13. The molecule has 3 heteroatoms. The van der Waals surface area contributed by atoms with Gasteiger partial charge in [-0.2, -0.15) is 0 Å². The van der Waals surface area contributed by atoms with Crippen molar-refractivity contribution in [3.63, 3.8) is 0 Å². The van der Waals surface area contributed by atoms with Gasteiger partial charge in [-0.3, -0.25) is 0 Å². The molecule has 0 heterocycles. The first-order valence-corrected chi connectivity index (χ1v) is 7.81. The molecule has 0 radical (unpaired) electrons. The highest BCUT2D eigenvalue weighted by atomic mass is 28.4. The molecule has 0 atom stereocenters. The van der Waals surface area contributed by atoms with E-state index in [0.29, 0.717) is 6.04 Å². The highest BCUT2D eigenvalue weighted by Crippen LogP contribution is 2.24. The van der Waals surface area contributed by atoms with Gasteiger partial charge in [-0.1, -0.05) is 6.58 Å². The van der Waals surface area contributed by atoms with Gasteiger partial charge in [-0.05, 0) is 38.6 Å². The van der Waals surface area contributed by atoms with Crippen LogP contribution >= 0.6 is 0 Å². The molecule has 0 aliphatic heterocycles. The van der Waals surface area contributed by atoms with Crippen LogP contribution < -0.4 is 0 Å². The van der Waals surface area contributed by atoms with Crippen LogP contribution in [0.1, 0.15) is 12.8 Å². The molecule has 1 rings (SSSR count). The summed E-state index contributed by atoms with van der Waals surface area (Å²) in [5, 5.41) is 0. The zero-order chi connectivity index (χ0) is 9.19. The molecular weight excluding hydrogens is 166 g/mol. The van der Waals surface area contributed by atoms with E-state index in [4.69, 9.17) is 4.43 Å². The molecule has 0 aromatic carbocycles. The zero-order valence-electron chi connectivity index (χ0n) is 8.13. The van der Waals surface area contributed by atoms with Crippen LogP contribution in [0.4, 0.5) is 0 Å². The maximum atomic E-state index is 5.71. The molecule has 12 heavy (non-hydrogen) atoms. The fourth-order valence-corrected chi connectivity index (χ4v) is 1.58. The topological polar surface area (TPSA) is 21.6 Å². The molecule has 2 nitrogen and oxygen atoms in total. The van der Waals surface area contributed by atoms with Gasteiger partial charge in [0.1, 0.15) is 0 Å². The SMILES string of the molecule is C=CC(=NC1CC1)O[Si](C)(C)C. The van der Waals surface area contributed by atoms with Crippen molar-refractivity contribution in [2.24, 2.45) is 4.99 Å². The number of hydrogen-bond donors (Lipinski definition) is 0. The average molecular weight is 183 g/mol. The first-order chi connectivity index (χ1) is 5.51. The Balaban J connectivity index is 2.50. The van der Waals surface area contributed by atoms with E-state index in [0.717, 1.165) is 5.90 Å². The van der Waals surface area contributed by atoms with Gasteiger partial charge in [0.25, 0.3) is 0 Å². The maximum absolute atomic E-state index is 5.71. The van der Waals surface area contributed by atoms with Gasteiger partial charge in [0.2, 0.25) is 8.32 Å². The van der Waals surface area contributed by atoms with Crippen molar-refractivity contribution in [2.75, 3.05) is 0 Å². The van der Waals surface area contributed by atoms with Crippen LogP contribution in [0.2, 0.25) is 19.6 Å². The van der Waals surface area contributed by atoms with Crippen molar-refractivity contribution in [3.8, 4) is 0 Å². The van der Waals surface area contributed by atoms with E-state index in [9.17, 15) is 0 Å². The third-order valence-electron chi connectivity index (χ3n) is 1.44. The van der Waals surface area contributed by atoms with Crippen LogP contribution in [0.25, 0.3) is 0 Å².